The molecule has 0 saturated carbocycles. The summed E-state index contributed by atoms with van der Waals surface area (Å²) in [6, 6.07) is 15.2. The molecule has 0 N–H and O–H groups in total. The Balaban J connectivity index is 1.42. The minimum atomic E-state index is 0.496. The maximum Gasteiger partial charge on any atom is 0.135 e. The van der Waals surface area contributed by atoms with E-state index in [1.165, 1.54) is 154 Å². The van der Waals surface area contributed by atoms with Gasteiger partial charge in [-0.05, 0) is 24.5 Å². The summed E-state index contributed by atoms with van der Waals surface area (Å²) < 4.78 is 13.2. The van der Waals surface area contributed by atoms with Crippen LogP contribution in [-0.2, 0) is 5.88 Å². The minimum absolute atomic E-state index is 0.496. The molecular weight excluding hydrogens is 608 g/mol. The number of benzene rings is 3. The van der Waals surface area contributed by atoms with Crippen LogP contribution in [0.3, 0.4) is 0 Å². The van der Waals surface area contributed by atoms with Gasteiger partial charge in [0.05, 0.1) is 13.2 Å². The summed E-state index contributed by atoms with van der Waals surface area (Å²) >= 11 is 6.31. The number of halogens is 1. The molecule has 0 amide bonds. The zero-order valence-electron chi connectivity index (χ0n) is 31.2. The lowest BCUT2D eigenvalue weighted by atomic mass is 9.99. The molecule has 0 aliphatic heterocycles. The highest BCUT2D eigenvalue weighted by atomic mass is 35.5. The van der Waals surface area contributed by atoms with Crippen LogP contribution in [0, 0.1) is 0 Å². The predicted molar refractivity (Wildman–Crippen MR) is 213 cm³/mol. The fourth-order valence-electron chi connectivity index (χ4n) is 7.13. The Morgan fingerprint density at radius 1 is 0.396 bits per heavy atom. The zero-order chi connectivity index (χ0) is 33.9. The van der Waals surface area contributed by atoms with E-state index in [2.05, 4.69) is 56.3 Å². The lowest BCUT2D eigenvalue weighted by molar-refractivity contribution is 0.306. The third-order valence-corrected chi connectivity index (χ3v) is 10.4. The Morgan fingerprint density at radius 3 is 1.10 bits per heavy atom. The SMILES string of the molecule is CCCCCCCCCCCCCCCOc1c2ccccc2c(OCCCCCCCCCCCCCCC)c2cc(CCl)ccc12. The predicted octanol–water partition coefficient (Wildman–Crippen LogP) is 15.7. The third kappa shape index (κ3) is 15.7. The van der Waals surface area contributed by atoms with Gasteiger partial charge in [0, 0.05) is 27.4 Å². The number of hydrogen-bond donors (Lipinski definition) is 0. The number of alkyl halides is 1. The van der Waals surface area contributed by atoms with Crippen molar-refractivity contribution in [3.05, 3.63) is 48.0 Å². The average Bonchev–Trinajstić information content (AvgIpc) is 3.12. The largest absolute Gasteiger partial charge is 0.492 e. The molecule has 0 aliphatic carbocycles. The normalized spacial score (nSPS) is 11.6. The van der Waals surface area contributed by atoms with Gasteiger partial charge in [0.1, 0.15) is 11.5 Å². The summed E-state index contributed by atoms with van der Waals surface area (Å²) in [5.41, 5.74) is 1.12. The fraction of sp³-hybridized carbons (Fsp3) is 0.689. The van der Waals surface area contributed by atoms with Crippen molar-refractivity contribution < 1.29 is 9.47 Å². The Kier molecular flexibility index (Phi) is 22.7. The van der Waals surface area contributed by atoms with Crippen molar-refractivity contribution in [3.8, 4) is 11.5 Å². The van der Waals surface area contributed by atoms with Crippen molar-refractivity contribution in [2.45, 2.75) is 187 Å². The van der Waals surface area contributed by atoms with E-state index in [4.69, 9.17) is 21.1 Å². The van der Waals surface area contributed by atoms with Gasteiger partial charge in [0.2, 0.25) is 0 Å². The molecule has 0 atom stereocenters. The first-order chi connectivity index (χ1) is 23.8. The summed E-state index contributed by atoms with van der Waals surface area (Å²) in [4.78, 5) is 0. The van der Waals surface area contributed by atoms with E-state index in [0.29, 0.717) is 5.88 Å². The van der Waals surface area contributed by atoms with Crippen LogP contribution in [0.1, 0.15) is 186 Å². The van der Waals surface area contributed by atoms with Crippen molar-refractivity contribution in [2.24, 2.45) is 0 Å². The molecule has 0 heterocycles. The van der Waals surface area contributed by atoms with Crippen LogP contribution in [-0.4, -0.2) is 13.2 Å². The Bertz CT molecular complexity index is 1220. The van der Waals surface area contributed by atoms with Crippen molar-refractivity contribution in [1.82, 2.24) is 0 Å². The van der Waals surface area contributed by atoms with Gasteiger partial charge >= 0.3 is 0 Å². The smallest absolute Gasteiger partial charge is 0.135 e. The van der Waals surface area contributed by atoms with Gasteiger partial charge < -0.3 is 9.47 Å². The first-order valence-corrected chi connectivity index (χ1v) is 21.1. The molecule has 0 bridgehead atoms. The summed E-state index contributed by atoms with van der Waals surface area (Å²) in [6.07, 6.45) is 35.3. The van der Waals surface area contributed by atoms with Crippen LogP contribution in [0.25, 0.3) is 21.5 Å². The number of rotatable bonds is 31. The van der Waals surface area contributed by atoms with Crippen molar-refractivity contribution in [1.29, 1.82) is 0 Å². The molecule has 2 nitrogen and oxygen atoms in total. The highest BCUT2D eigenvalue weighted by Gasteiger charge is 2.17. The second-order valence-corrected chi connectivity index (χ2v) is 14.7. The van der Waals surface area contributed by atoms with Crippen LogP contribution >= 0.6 is 11.6 Å². The molecule has 3 aromatic carbocycles. The van der Waals surface area contributed by atoms with Crippen LogP contribution in [0.5, 0.6) is 11.5 Å². The molecule has 48 heavy (non-hydrogen) atoms. The average molecular weight is 680 g/mol. The van der Waals surface area contributed by atoms with E-state index in [-0.39, 0.29) is 0 Å². The van der Waals surface area contributed by atoms with Gasteiger partial charge in [-0.15, -0.1) is 11.6 Å². The monoisotopic (exact) mass is 679 g/mol. The molecule has 270 valence electrons. The molecule has 0 aliphatic rings. The summed E-state index contributed by atoms with van der Waals surface area (Å²) in [7, 11) is 0. The summed E-state index contributed by atoms with van der Waals surface area (Å²) in [6.45, 7) is 6.10. The van der Waals surface area contributed by atoms with Crippen LogP contribution < -0.4 is 9.47 Å². The minimum Gasteiger partial charge on any atom is -0.492 e. The van der Waals surface area contributed by atoms with E-state index in [9.17, 15) is 0 Å². The fourth-order valence-corrected chi connectivity index (χ4v) is 7.30. The molecule has 0 unspecified atom stereocenters. The maximum atomic E-state index is 6.62. The van der Waals surface area contributed by atoms with Gasteiger partial charge in [-0.25, -0.2) is 0 Å². The van der Waals surface area contributed by atoms with Gasteiger partial charge in [-0.1, -0.05) is 204 Å². The molecule has 0 fully saturated rings. The molecule has 3 rings (SSSR count). The molecule has 0 spiro atoms. The van der Waals surface area contributed by atoms with Crippen LogP contribution in [0.4, 0.5) is 0 Å². The lowest BCUT2D eigenvalue weighted by Crippen LogP contribution is -2.02. The lowest BCUT2D eigenvalue weighted by Gasteiger charge is -2.18. The molecule has 0 aromatic heterocycles. The Labute approximate surface area is 301 Å². The molecule has 3 heteroatoms. The van der Waals surface area contributed by atoms with Gasteiger partial charge in [0.25, 0.3) is 0 Å². The maximum absolute atomic E-state index is 6.62. The van der Waals surface area contributed by atoms with Gasteiger partial charge in [-0.3, -0.25) is 0 Å². The standard InChI is InChI=1S/C45H71ClO2/c1-3-5-7-9-11-13-15-17-19-21-23-25-29-35-47-44-40-31-27-28-32-41(40)45(43-37-39(38-46)33-34-42(43)44)48-36-30-26-24-22-20-18-16-14-12-10-8-6-4-2/h27-28,31-34,37H,3-26,29-30,35-36,38H2,1-2H3. The number of ether oxygens (including phenoxy) is 2. The first kappa shape index (κ1) is 40.5. The summed E-state index contributed by atoms with van der Waals surface area (Å²) in [5.74, 6) is 2.48. The number of fused-ring (bicyclic) bond motifs is 2. The summed E-state index contributed by atoms with van der Waals surface area (Å²) in [5, 5.41) is 4.56. The van der Waals surface area contributed by atoms with E-state index in [0.717, 1.165) is 64.7 Å². The Hall–Kier alpha value is -1.93. The zero-order valence-corrected chi connectivity index (χ0v) is 32.0. The first-order valence-electron chi connectivity index (χ1n) is 20.6. The molecular formula is C45H71ClO2. The second-order valence-electron chi connectivity index (χ2n) is 14.4. The highest BCUT2D eigenvalue weighted by molar-refractivity contribution is 6.17. The van der Waals surface area contributed by atoms with E-state index < -0.39 is 0 Å². The van der Waals surface area contributed by atoms with Gasteiger partial charge in [-0.2, -0.15) is 0 Å². The quantitative estimate of drug-likeness (QED) is 0.0383. The van der Waals surface area contributed by atoms with Crippen molar-refractivity contribution in [2.75, 3.05) is 13.2 Å². The third-order valence-electron chi connectivity index (χ3n) is 10.1. The van der Waals surface area contributed by atoms with E-state index in [1.807, 2.05) is 0 Å². The van der Waals surface area contributed by atoms with E-state index in [1.54, 1.807) is 0 Å². The van der Waals surface area contributed by atoms with Crippen molar-refractivity contribution in [3.63, 3.8) is 0 Å². The molecule has 3 aromatic rings. The second kappa shape index (κ2) is 26.9. The highest BCUT2D eigenvalue weighted by Crippen LogP contribution is 2.43. The van der Waals surface area contributed by atoms with Gasteiger partial charge in [0.15, 0.2) is 0 Å². The molecule has 0 radical (unpaired) electrons. The van der Waals surface area contributed by atoms with Crippen LogP contribution in [0.2, 0.25) is 0 Å². The van der Waals surface area contributed by atoms with Crippen molar-refractivity contribution >= 4 is 33.1 Å². The Morgan fingerprint density at radius 2 is 0.729 bits per heavy atom. The number of hydrogen-bond acceptors (Lipinski definition) is 2. The topological polar surface area (TPSA) is 18.5 Å². The van der Waals surface area contributed by atoms with E-state index >= 15 is 0 Å². The van der Waals surface area contributed by atoms with Crippen LogP contribution in [0.15, 0.2) is 42.5 Å². The molecule has 0 saturated heterocycles. The number of unbranched alkanes of at least 4 members (excludes halogenated alkanes) is 24.